The van der Waals surface area contributed by atoms with Crippen LogP contribution in [0.25, 0.3) is 39.4 Å². The highest BCUT2D eigenvalue weighted by Crippen LogP contribution is 2.32. The zero-order chi connectivity index (χ0) is 19.8. The van der Waals surface area contributed by atoms with Crippen LogP contribution in [0, 0.1) is 0 Å². The Morgan fingerprint density at radius 3 is 2.28 bits per heavy atom. The molecule has 4 nitrogen and oxygen atoms in total. The quantitative estimate of drug-likeness (QED) is 0.404. The van der Waals surface area contributed by atoms with Crippen molar-refractivity contribution in [1.82, 2.24) is 19.7 Å². The Morgan fingerprint density at radius 2 is 1.55 bits per heavy atom. The summed E-state index contributed by atoms with van der Waals surface area (Å²) in [5.74, 6) is 1.33. The fourth-order valence-corrected chi connectivity index (χ4v) is 3.58. The summed E-state index contributed by atoms with van der Waals surface area (Å²) >= 11 is 0. The van der Waals surface area contributed by atoms with Crippen molar-refractivity contribution in [3.05, 3.63) is 90.6 Å². The first-order chi connectivity index (χ1) is 14.2. The predicted octanol–water partition coefficient (Wildman–Crippen LogP) is 6.21. The van der Waals surface area contributed by atoms with Crippen LogP contribution in [0.1, 0.15) is 25.3 Å². The van der Waals surface area contributed by atoms with Gasteiger partial charge in [0.25, 0.3) is 0 Å². The number of rotatable bonds is 4. The second-order valence-electron chi connectivity index (χ2n) is 7.55. The van der Waals surface area contributed by atoms with Gasteiger partial charge in [0.2, 0.25) is 0 Å². The maximum atomic E-state index is 4.93. The van der Waals surface area contributed by atoms with Crippen LogP contribution in [0.5, 0.6) is 0 Å². The van der Waals surface area contributed by atoms with Gasteiger partial charge in [-0.3, -0.25) is 0 Å². The minimum absolute atomic E-state index is 0.501. The molecule has 0 fully saturated rings. The third-order valence-electron chi connectivity index (χ3n) is 5.23. The smallest absolute Gasteiger partial charge is 0.142 e. The molecule has 5 rings (SSSR count). The number of para-hydroxylation sites is 3. The third kappa shape index (κ3) is 3.23. The Bertz CT molecular complexity index is 1230. The monoisotopic (exact) mass is 378 g/mol. The maximum Gasteiger partial charge on any atom is 0.142 e. The highest BCUT2D eigenvalue weighted by molar-refractivity contribution is 5.84. The predicted molar refractivity (Wildman–Crippen MR) is 118 cm³/mol. The van der Waals surface area contributed by atoms with Crippen molar-refractivity contribution in [1.29, 1.82) is 0 Å². The molecule has 0 saturated carbocycles. The summed E-state index contributed by atoms with van der Waals surface area (Å²) in [5, 5.41) is 4.93. The number of fused-ring (bicyclic) bond motifs is 1. The first kappa shape index (κ1) is 17.4. The molecule has 5 aromatic rings. The van der Waals surface area contributed by atoms with Gasteiger partial charge < -0.3 is 4.98 Å². The molecule has 29 heavy (non-hydrogen) atoms. The minimum atomic E-state index is 0.501. The number of H-pyrrole nitrogens is 1. The summed E-state index contributed by atoms with van der Waals surface area (Å²) in [6.07, 6.45) is 2.05. The van der Waals surface area contributed by atoms with Gasteiger partial charge in [0, 0.05) is 11.8 Å². The Balaban J connectivity index is 1.68. The molecule has 1 N–H and O–H groups in total. The highest BCUT2D eigenvalue weighted by Gasteiger charge is 2.17. The first-order valence-corrected chi connectivity index (χ1v) is 9.89. The van der Waals surface area contributed by atoms with E-state index in [4.69, 9.17) is 10.1 Å². The van der Waals surface area contributed by atoms with E-state index in [1.54, 1.807) is 0 Å². The molecule has 0 aliphatic heterocycles. The van der Waals surface area contributed by atoms with Crippen molar-refractivity contribution in [3.8, 4) is 28.3 Å². The van der Waals surface area contributed by atoms with Crippen LogP contribution in [0.2, 0.25) is 0 Å². The summed E-state index contributed by atoms with van der Waals surface area (Å²) in [4.78, 5) is 8.27. The van der Waals surface area contributed by atoms with Gasteiger partial charge in [0.05, 0.1) is 22.3 Å². The van der Waals surface area contributed by atoms with Crippen LogP contribution in [0.15, 0.2) is 85.1 Å². The topological polar surface area (TPSA) is 46.5 Å². The maximum absolute atomic E-state index is 4.93. The molecule has 142 valence electrons. The molecular weight excluding hydrogens is 356 g/mol. The minimum Gasteiger partial charge on any atom is -0.338 e. The molecule has 0 unspecified atom stereocenters. The first-order valence-electron chi connectivity index (χ1n) is 9.89. The van der Waals surface area contributed by atoms with E-state index in [0.29, 0.717) is 5.92 Å². The molecule has 4 heteroatoms. The molecular formula is C25H22N4. The lowest BCUT2D eigenvalue weighted by Crippen LogP contribution is -1.94. The van der Waals surface area contributed by atoms with E-state index in [0.717, 1.165) is 39.4 Å². The SMILES string of the molecule is CC(C)c1ccc(-c2nn(-c3ccccc3)cc2-c2nc3ccccc3[nH]2)cc1. The van der Waals surface area contributed by atoms with Crippen LogP contribution in [0.4, 0.5) is 0 Å². The van der Waals surface area contributed by atoms with E-state index >= 15 is 0 Å². The lowest BCUT2D eigenvalue weighted by molar-refractivity contribution is 0.866. The van der Waals surface area contributed by atoms with Crippen LogP contribution in [0.3, 0.4) is 0 Å². The van der Waals surface area contributed by atoms with Gasteiger partial charge in [-0.2, -0.15) is 5.10 Å². The summed E-state index contributed by atoms with van der Waals surface area (Å²) in [6.45, 7) is 4.41. The van der Waals surface area contributed by atoms with E-state index < -0.39 is 0 Å². The molecule has 0 amide bonds. The molecule has 0 saturated heterocycles. The second kappa shape index (κ2) is 7.06. The summed E-state index contributed by atoms with van der Waals surface area (Å²) in [6, 6.07) is 26.9. The van der Waals surface area contributed by atoms with Crippen molar-refractivity contribution in [3.63, 3.8) is 0 Å². The van der Waals surface area contributed by atoms with E-state index in [1.807, 2.05) is 47.1 Å². The number of hydrogen-bond acceptors (Lipinski definition) is 2. The van der Waals surface area contributed by atoms with Crippen molar-refractivity contribution in [2.24, 2.45) is 0 Å². The number of nitrogens with zero attached hydrogens (tertiary/aromatic N) is 3. The van der Waals surface area contributed by atoms with E-state index in [1.165, 1.54) is 5.56 Å². The van der Waals surface area contributed by atoms with Crippen molar-refractivity contribution in [2.75, 3.05) is 0 Å². The molecule has 2 aromatic heterocycles. The summed E-state index contributed by atoms with van der Waals surface area (Å²) in [5.41, 5.74) is 7.31. The highest BCUT2D eigenvalue weighted by atomic mass is 15.3. The largest absolute Gasteiger partial charge is 0.338 e. The molecule has 0 spiro atoms. The van der Waals surface area contributed by atoms with E-state index in [9.17, 15) is 0 Å². The number of imidazole rings is 1. The van der Waals surface area contributed by atoms with Gasteiger partial charge in [0.15, 0.2) is 0 Å². The van der Waals surface area contributed by atoms with Gasteiger partial charge >= 0.3 is 0 Å². The fraction of sp³-hybridized carbons (Fsp3) is 0.120. The summed E-state index contributed by atoms with van der Waals surface area (Å²) in [7, 11) is 0. The van der Waals surface area contributed by atoms with Gasteiger partial charge in [-0.1, -0.05) is 68.4 Å². The van der Waals surface area contributed by atoms with Gasteiger partial charge in [0.1, 0.15) is 11.5 Å². The zero-order valence-corrected chi connectivity index (χ0v) is 16.5. The van der Waals surface area contributed by atoms with Gasteiger partial charge in [-0.05, 0) is 35.7 Å². The van der Waals surface area contributed by atoms with E-state index in [2.05, 4.69) is 61.4 Å². The third-order valence-corrected chi connectivity index (χ3v) is 5.23. The molecule has 0 atom stereocenters. The molecule has 0 aliphatic carbocycles. The van der Waals surface area contributed by atoms with Crippen LogP contribution in [-0.4, -0.2) is 19.7 Å². The number of aromatic amines is 1. The molecule has 2 heterocycles. The number of benzene rings is 3. The Morgan fingerprint density at radius 1 is 0.828 bits per heavy atom. The second-order valence-corrected chi connectivity index (χ2v) is 7.55. The average Bonchev–Trinajstić information content (AvgIpc) is 3.39. The van der Waals surface area contributed by atoms with Crippen LogP contribution < -0.4 is 0 Å². The standard InChI is InChI=1S/C25H22N4/c1-17(2)18-12-14-19(15-13-18)24-21(16-29(28-24)20-8-4-3-5-9-20)25-26-22-10-6-7-11-23(22)27-25/h3-17H,1-2H3,(H,26,27). The number of hydrogen-bond donors (Lipinski definition) is 1. The Hall–Kier alpha value is -3.66. The number of nitrogens with one attached hydrogen (secondary N) is 1. The van der Waals surface area contributed by atoms with Crippen LogP contribution in [-0.2, 0) is 0 Å². The molecule has 0 bridgehead atoms. The molecule has 0 radical (unpaired) electrons. The fourth-order valence-electron chi connectivity index (χ4n) is 3.58. The molecule has 0 aliphatic rings. The van der Waals surface area contributed by atoms with Crippen molar-refractivity contribution < 1.29 is 0 Å². The normalized spacial score (nSPS) is 11.4. The lowest BCUT2D eigenvalue weighted by atomic mass is 10.00. The van der Waals surface area contributed by atoms with Gasteiger partial charge in [-0.15, -0.1) is 0 Å². The van der Waals surface area contributed by atoms with Gasteiger partial charge in [-0.25, -0.2) is 9.67 Å². The zero-order valence-electron chi connectivity index (χ0n) is 16.5. The summed E-state index contributed by atoms with van der Waals surface area (Å²) < 4.78 is 1.92. The van der Waals surface area contributed by atoms with Crippen LogP contribution >= 0.6 is 0 Å². The van der Waals surface area contributed by atoms with Crippen molar-refractivity contribution in [2.45, 2.75) is 19.8 Å². The lowest BCUT2D eigenvalue weighted by Gasteiger charge is -2.06. The Labute approximate surface area is 169 Å². The average molecular weight is 378 g/mol. The van der Waals surface area contributed by atoms with E-state index in [-0.39, 0.29) is 0 Å². The molecule has 3 aromatic carbocycles. The Kier molecular flexibility index (Phi) is 4.24. The number of aromatic nitrogens is 4. The van der Waals surface area contributed by atoms with Crippen molar-refractivity contribution >= 4 is 11.0 Å².